The highest BCUT2D eigenvalue weighted by molar-refractivity contribution is 8.00. The van der Waals surface area contributed by atoms with Gasteiger partial charge in [-0.3, -0.25) is 0 Å². The van der Waals surface area contributed by atoms with Crippen LogP contribution in [-0.4, -0.2) is 18.3 Å². The Balaban J connectivity index is 2.16. The van der Waals surface area contributed by atoms with Crippen LogP contribution in [0.15, 0.2) is 29.2 Å². The summed E-state index contributed by atoms with van der Waals surface area (Å²) in [6.07, 6.45) is 1.20. The van der Waals surface area contributed by atoms with Crippen LogP contribution in [0.25, 0.3) is 0 Å². The van der Waals surface area contributed by atoms with E-state index in [2.05, 4.69) is 57.4 Å². The molecule has 1 heterocycles. The highest BCUT2D eigenvalue weighted by Crippen LogP contribution is 2.41. The molecule has 1 N–H and O–H groups in total. The minimum atomic E-state index is 0.314. The molecule has 2 atom stereocenters. The Hall–Kier alpha value is -0.470. The van der Waals surface area contributed by atoms with Crippen LogP contribution < -0.4 is 5.32 Å². The monoisotopic (exact) mass is 235 g/mol. The lowest BCUT2D eigenvalue weighted by Crippen LogP contribution is -2.45. The fourth-order valence-electron chi connectivity index (χ4n) is 2.57. The number of nitrogens with one attached hydrogen (secondary N) is 1. The number of rotatable bonds is 2. The lowest BCUT2D eigenvalue weighted by molar-refractivity contribution is 0.275. The summed E-state index contributed by atoms with van der Waals surface area (Å²) in [7, 11) is 2.08. The molecule has 0 spiro atoms. The van der Waals surface area contributed by atoms with Gasteiger partial charge in [-0.2, -0.15) is 0 Å². The number of thioether (sulfide) groups is 1. The molecule has 0 saturated heterocycles. The molecule has 2 heteroatoms. The summed E-state index contributed by atoms with van der Waals surface area (Å²) in [6.45, 7) is 6.95. The molecule has 0 fully saturated rings. The van der Waals surface area contributed by atoms with Crippen LogP contribution >= 0.6 is 11.8 Å². The molecule has 0 saturated carbocycles. The van der Waals surface area contributed by atoms with E-state index >= 15 is 0 Å². The standard InChI is InChI=1S/C14H21NS/c1-14(2,3)13(15-4)12-9-10-7-5-6-8-11(10)16-12/h5-8,12-13,15H,9H2,1-4H3. The van der Waals surface area contributed by atoms with Crippen LogP contribution in [0.3, 0.4) is 0 Å². The summed E-state index contributed by atoms with van der Waals surface area (Å²) < 4.78 is 0. The van der Waals surface area contributed by atoms with Gasteiger partial charge in [-0.25, -0.2) is 0 Å². The summed E-state index contributed by atoms with van der Waals surface area (Å²) in [6, 6.07) is 9.35. The predicted octanol–water partition coefficient (Wildman–Crippen LogP) is 3.34. The molecule has 88 valence electrons. The molecular formula is C14H21NS. The first-order valence-electron chi connectivity index (χ1n) is 5.94. The fourth-order valence-corrected chi connectivity index (χ4v) is 4.30. The lowest BCUT2D eigenvalue weighted by Gasteiger charge is -2.34. The summed E-state index contributed by atoms with van der Waals surface area (Å²) in [5, 5.41) is 4.17. The third-order valence-corrected chi connectivity index (χ3v) is 4.68. The minimum Gasteiger partial charge on any atom is -0.315 e. The van der Waals surface area contributed by atoms with Crippen LogP contribution in [0.1, 0.15) is 26.3 Å². The predicted molar refractivity (Wildman–Crippen MR) is 72.1 cm³/mol. The van der Waals surface area contributed by atoms with E-state index in [-0.39, 0.29) is 0 Å². The molecule has 0 radical (unpaired) electrons. The normalized spacial score (nSPS) is 21.9. The maximum atomic E-state index is 3.50. The van der Waals surface area contributed by atoms with Crippen molar-refractivity contribution in [3.63, 3.8) is 0 Å². The minimum absolute atomic E-state index is 0.314. The molecule has 1 aromatic rings. The van der Waals surface area contributed by atoms with Crippen LogP contribution in [0, 0.1) is 5.41 Å². The Kier molecular flexibility index (Phi) is 3.32. The molecule has 16 heavy (non-hydrogen) atoms. The molecule has 1 nitrogen and oxygen atoms in total. The van der Waals surface area contributed by atoms with Gasteiger partial charge in [0.2, 0.25) is 0 Å². The first kappa shape index (κ1) is 12.0. The molecule has 1 aliphatic heterocycles. The molecule has 0 bridgehead atoms. The average Bonchev–Trinajstić information content (AvgIpc) is 2.59. The van der Waals surface area contributed by atoms with Gasteiger partial charge in [0.05, 0.1) is 0 Å². The Morgan fingerprint density at radius 1 is 1.31 bits per heavy atom. The molecule has 1 aromatic carbocycles. The third-order valence-electron chi connectivity index (χ3n) is 3.29. The molecule has 2 unspecified atom stereocenters. The number of hydrogen-bond acceptors (Lipinski definition) is 2. The van der Waals surface area contributed by atoms with Crippen molar-refractivity contribution in [3.05, 3.63) is 29.8 Å². The fraction of sp³-hybridized carbons (Fsp3) is 0.571. The maximum Gasteiger partial charge on any atom is 0.0294 e. The Bertz CT molecular complexity index is 342. The van der Waals surface area contributed by atoms with Crippen LogP contribution in [0.2, 0.25) is 0 Å². The van der Waals surface area contributed by atoms with Crippen LogP contribution in [0.5, 0.6) is 0 Å². The second kappa shape index (κ2) is 4.42. The zero-order chi connectivity index (χ0) is 11.8. The smallest absolute Gasteiger partial charge is 0.0294 e. The van der Waals surface area contributed by atoms with Crippen molar-refractivity contribution in [1.29, 1.82) is 0 Å². The van der Waals surface area contributed by atoms with Gasteiger partial charge in [-0.15, -0.1) is 11.8 Å². The number of hydrogen-bond donors (Lipinski definition) is 1. The van der Waals surface area contributed by atoms with Gasteiger partial charge < -0.3 is 5.32 Å². The molecular weight excluding hydrogens is 214 g/mol. The molecule has 0 aliphatic carbocycles. The van der Waals surface area contributed by atoms with E-state index < -0.39 is 0 Å². The Morgan fingerprint density at radius 3 is 2.56 bits per heavy atom. The lowest BCUT2D eigenvalue weighted by atomic mass is 9.83. The zero-order valence-electron chi connectivity index (χ0n) is 10.6. The molecule has 0 aromatic heterocycles. The first-order valence-corrected chi connectivity index (χ1v) is 6.82. The van der Waals surface area contributed by atoms with Crippen molar-refractivity contribution < 1.29 is 0 Å². The van der Waals surface area contributed by atoms with Crippen molar-refractivity contribution in [2.24, 2.45) is 5.41 Å². The molecule has 2 rings (SSSR count). The van der Waals surface area contributed by atoms with Gasteiger partial charge in [0.15, 0.2) is 0 Å². The highest BCUT2D eigenvalue weighted by atomic mass is 32.2. The van der Waals surface area contributed by atoms with Crippen molar-refractivity contribution >= 4 is 11.8 Å². The van der Waals surface area contributed by atoms with Crippen LogP contribution in [-0.2, 0) is 6.42 Å². The Morgan fingerprint density at radius 2 is 2.00 bits per heavy atom. The van der Waals surface area contributed by atoms with Gasteiger partial charge in [0.25, 0.3) is 0 Å². The SMILES string of the molecule is CNC(C1Cc2ccccc2S1)C(C)(C)C. The second-order valence-electron chi connectivity index (χ2n) is 5.60. The summed E-state index contributed by atoms with van der Waals surface area (Å²) in [5.74, 6) is 0. The largest absolute Gasteiger partial charge is 0.315 e. The van der Waals surface area contributed by atoms with Gasteiger partial charge in [-0.05, 0) is 30.5 Å². The second-order valence-corrected chi connectivity index (χ2v) is 6.88. The van der Waals surface area contributed by atoms with E-state index in [1.54, 1.807) is 0 Å². The van der Waals surface area contributed by atoms with E-state index in [1.807, 2.05) is 11.8 Å². The van der Waals surface area contributed by atoms with Gasteiger partial charge in [0.1, 0.15) is 0 Å². The van der Waals surface area contributed by atoms with Crippen molar-refractivity contribution in [3.8, 4) is 0 Å². The van der Waals surface area contributed by atoms with E-state index in [0.29, 0.717) is 16.7 Å². The van der Waals surface area contributed by atoms with Crippen molar-refractivity contribution in [2.45, 2.75) is 43.4 Å². The zero-order valence-corrected chi connectivity index (χ0v) is 11.4. The van der Waals surface area contributed by atoms with Gasteiger partial charge in [-0.1, -0.05) is 39.0 Å². The van der Waals surface area contributed by atoms with E-state index in [4.69, 9.17) is 0 Å². The number of benzene rings is 1. The summed E-state index contributed by atoms with van der Waals surface area (Å²) in [5.41, 5.74) is 1.83. The number of fused-ring (bicyclic) bond motifs is 1. The first-order chi connectivity index (χ1) is 7.52. The molecule has 0 amide bonds. The van der Waals surface area contributed by atoms with E-state index in [1.165, 1.54) is 16.9 Å². The quantitative estimate of drug-likeness (QED) is 0.844. The third kappa shape index (κ3) is 2.28. The van der Waals surface area contributed by atoms with E-state index in [0.717, 1.165) is 0 Å². The van der Waals surface area contributed by atoms with Crippen molar-refractivity contribution in [2.75, 3.05) is 7.05 Å². The summed E-state index contributed by atoms with van der Waals surface area (Å²) in [4.78, 5) is 1.47. The van der Waals surface area contributed by atoms with Crippen LogP contribution in [0.4, 0.5) is 0 Å². The van der Waals surface area contributed by atoms with E-state index in [9.17, 15) is 0 Å². The van der Waals surface area contributed by atoms with Gasteiger partial charge in [0, 0.05) is 16.2 Å². The topological polar surface area (TPSA) is 12.0 Å². The highest BCUT2D eigenvalue weighted by Gasteiger charge is 2.35. The van der Waals surface area contributed by atoms with Gasteiger partial charge >= 0.3 is 0 Å². The maximum absolute atomic E-state index is 3.50. The summed E-state index contributed by atoms with van der Waals surface area (Å²) >= 11 is 2.03. The van der Waals surface area contributed by atoms with Crippen molar-refractivity contribution in [1.82, 2.24) is 5.32 Å². The Labute approximate surface area is 103 Å². The average molecular weight is 235 g/mol. The molecule has 1 aliphatic rings.